The minimum Gasteiger partial charge on any atom is -0.470 e. The van der Waals surface area contributed by atoms with Gasteiger partial charge in [-0.15, -0.1) is 4.37 Å². The molecular weight excluding hydrogens is 351 g/mol. The van der Waals surface area contributed by atoms with Gasteiger partial charge in [0.2, 0.25) is 5.82 Å². The second-order valence-corrected chi connectivity index (χ2v) is 6.65. The van der Waals surface area contributed by atoms with Crippen LogP contribution in [0.5, 0.6) is 5.88 Å². The van der Waals surface area contributed by atoms with Crippen molar-refractivity contribution >= 4 is 23.2 Å². The van der Waals surface area contributed by atoms with Gasteiger partial charge < -0.3 is 14.5 Å². The molecule has 3 aromatic rings. The van der Waals surface area contributed by atoms with E-state index in [-0.39, 0.29) is 12.4 Å². The summed E-state index contributed by atoms with van der Waals surface area (Å²) in [5.74, 6) is 1.03. The van der Waals surface area contributed by atoms with E-state index >= 15 is 0 Å². The minimum absolute atomic E-state index is 0.264. The van der Waals surface area contributed by atoms with Gasteiger partial charge in [-0.2, -0.15) is 4.37 Å². The fourth-order valence-electron chi connectivity index (χ4n) is 3.05. The van der Waals surface area contributed by atoms with E-state index in [4.69, 9.17) is 4.74 Å². The van der Waals surface area contributed by atoms with Crippen LogP contribution in [-0.2, 0) is 6.61 Å². The Hall–Kier alpha value is -2.67. The molecule has 0 saturated carbocycles. The van der Waals surface area contributed by atoms with E-state index in [2.05, 4.69) is 42.8 Å². The van der Waals surface area contributed by atoms with Crippen molar-refractivity contribution in [1.82, 2.24) is 8.75 Å². The fraction of sp³-hybridized carbons (Fsp3) is 0.263. The number of halogens is 1. The second kappa shape index (κ2) is 7.70. The second-order valence-electron chi connectivity index (χ2n) is 6.12. The van der Waals surface area contributed by atoms with E-state index < -0.39 is 0 Å². The summed E-state index contributed by atoms with van der Waals surface area (Å²) in [4.78, 5) is 4.56. The summed E-state index contributed by atoms with van der Waals surface area (Å²) in [5, 5.41) is 0. The van der Waals surface area contributed by atoms with Gasteiger partial charge in [0.25, 0.3) is 5.88 Å². The zero-order valence-electron chi connectivity index (χ0n) is 14.2. The number of aromatic nitrogens is 2. The molecule has 1 aliphatic rings. The van der Waals surface area contributed by atoms with Crippen LogP contribution in [0.3, 0.4) is 0 Å². The first-order chi connectivity index (χ1) is 12.8. The van der Waals surface area contributed by atoms with Crippen LogP contribution in [0.15, 0.2) is 54.6 Å². The van der Waals surface area contributed by atoms with Gasteiger partial charge in [0, 0.05) is 31.9 Å². The van der Waals surface area contributed by atoms with Gasteiger partial charge in [0.15, 0.2) is 0 Å². The molecule has 1 aliphatic heterocycles. The van der Waals surface area contributed by atoms with Crippen LogP contribution >= 0.6 is 11.7 Å². The lowest BCUT2D eigenvalue weighted by Crippen LogP contribution is -2.46. The molecule has 5 nitrogen and oxygen atoms in total. The average Bonchev–Trinajstić information content (AvgIpc) is 3.16. The average molecular weight is 370 g/mol. The van der Waals surface area contributed by atoms with E-state index in [1.165, 1.54) is 17.8 Å². The topological polar surface area (TPSA) is 41.5 Å². The Kier molecular flexibility index (Phi) is 4.97. The van der Waals surface area contributed by atoms with E-state index in [1.54, 1.807) is 6.07 Å². The minimum atomic E-state index is -0.264. The third-order valence-corrected chi connectivity index (χ3v) is 4.91. The quantitative estimate of drug-likeness (QED) is 0.687. The molecular formula is C19H19FN4OS. The van der Waals surface area contributed by atoms with Gasteiger partial charge in [-0.1, -0.05) is 30.3 Å². The molecule has 0 unspecified atom stereocenters. The number of hydrogen-bond donors (Lipinski definition) is 0. The molecule has 1 fully saturated rings. The van der Waals surface area contributed by atoms with Gasteiger partial charge in [-0.3, -0.25) is 0 Å². The van der Waals surface area contributed by atoms with Crippen molar-refractivity contribution in [3.8, 4) is 5.88 Å². The molecule has 2 aromatic carbocycles. The van der Waals surface area contributed by atoms with Crippen molar-refractivity contribution in [2.24, 2.45) is 0 Å². The Balaban J connectivity index is 1.38. The molecule has 0 spiro atoms. The maximum Gasteiger partial charge on any atom is 0.271 e. The summed E-state index contributed by atoms with van der Waals surface area (Å²) in [6, 6.07) is 16.8. The molecule has 0 radical (unpaired) electrons. The number of rotatable bonds is 5. The van der Waals surface area contributed by atoms with Gasteiger partial charge in [0.05, 0.1) is 11.7 Å². The van der Waals surface area contributed by atoms with Crippen LogP contribution in [0, 0.1) is 5.82 Å². The molecule has 1 saturated heterocycles. The predicted molar refractivity (Wildman–Crippen MR) is 102 cm³/mol. The lowest BCUT2D eigenvalue weighted by Gasteiger charge is -2.36. The highest BCUT2D eigenvalue weighted by atomic mass is 32.1. The van der Waals surface area contributed by atoms with E-state index in [0.717, 1.165) is 49.3 Å². The Morgan fingerprint density at radius 3 is 2.46 bits per heavy atom. The van der Waals surface area contributed by atoms with Crippen LogP contribution in [-0.4, -0.2) is 34.9 Å². The number of hydrogen-bond acceptors (Lipinski definition) is 6. The lowest BCUT2D eigenvalue weighted by atomic mass is 10.2. The van der Waals surface area contributed by atoms with Crippen molar-refractivity contribution < 1.29 is 9.13 Å². The number of piperazine rings is 1. The third-order valence-electron chi connectivity index (χ3n) is 4.41. The molecule has 0 bridgehead atoms. The normalized spacial score (nSPS) is 14.5. The number of nitrogens with zero attached hydrogens (tertiary/aromatic N) is 4. The summed E-state index contributed by atoms with van der Waals surface area (Å²) in [5.41, 5.74) is 2.02. The van der Waals surface area contributed by atoms with Crippen LogP contribution in [0.25, 0.3) is 0 Å². The number of benzene rings is 2. The van der Waals surface area contributed by atoms with Gasteiger partial charge in [-0.25, -0.2) is 4.39 Å². The van der Waals surface area contributed by atoms with Gasteiger partial charge >= 0.3 is 0 Å². The first kappa shape index (κ1) is 16.8. The fourth-order valence-corrected chi connectivity index (χ4v) is 3.57. The predicted octanol–water partition coefficient (Wildman–Crippen LogP) is 3.58. The summed E-state index contributed by atoms with van der Waals surface area (Å²) in [6.45, 7) is 3.84. The Morgan fingerprint density at radius 1 is 0.923 bits per heavy atom. The van der Waals surface area contributed by atoms with Crippen LogP contribution in [0.4, 0.5) is 15.9 Å². The van der Waals surface area contributed by atoms with E-state index in [0.29, 0.717) is 5.88 Å². The zero-order valence-corrected chi connectivity index (χ0v) is 15.0. The molecule has 134 valence electrons. The standard InChI is InChI=1S/C19H19FN4OS/c20-16-6-4-5-15(13-16)14-25-19-18(21-26-22-19)24-11-9-23(10-12-24)17-7-2-1-3-8-17/h1-8,13H,9-12,14H2. The smallest absolute Gasteiger partial charge is 0.271 e. The Labute approximate surface area is 156 Å². The van der Waals surface area contributed by atoms with Crippen LogP contribution < -0.4 is 14.5 Å². The highest BCUT2D eigenvalue weighted by molar-refractivity contribution is 6.99. The number of para-hydroxylation sites is 1. The molecule has 1 aromatic heterocycles. The van der Waals surface area contributed by atoms with E-state index in [9.17, 15) is 4.39 Å². The molecule has 4 rings (SSSR count). The SMILES string of the molecule is Fc1cccc(COc2nsnc2N2CCN(c3ccccc3)CC2)c1. The summed E-state index contributed by atoms with van der Waals surface area (Å²) >= 11 is 1.14. The molecule has 0 N–H and O–H groups in total. The number of anilines is 2. The van der Waals surface area contributed by atoms with Crippen molar-refractivity contribution in [2.75, 3.05) is 36.0 Å². The summed E-state index contributed by atoms with van der Waals surface area (Å²) in [7, 11) is 0. The first-order valence-electron chi connectivity index (χ1n) is 8.54. The zero-order chi connectivity index (χ0) is 17.8. The lowest BCUT2D eigenvalue weighted by molar-refractivity contribution is 0.296. The first-order valence-corrected chi connectivity index (χ1v) is 9.27. The van der Waals surface area contributed by atoms with Gasteiger partial charge in [0.1, 0.15) is 12.4 Å². The van der Waals surface area contributed by atoms with Crippen LogP contribution in [0.2, 0.25) is 0 Å². The van der Waals surface area contributed by atoms with Crippen molar-refractivity contribution in [2.45, 2.75) is 6.61 Å². The molecule has 0 amide bonds. The molecule has 26 heavy (non-hydrogen) atoms. The van der Waals surface area contributed by atoms with Gasteiger partial charge in [-0.05, 0) is 29.8 Å². The van der Waals surface area contributed by atoms with Crippen molar-refractivity contribution in [1.29, 1.82) is 0 Å². The van der Waals surface area contributed by atoms with Crippen molar-refractivity contribution in [3.63, 3.8) is 0 Å². The van der Waals surface area contributed by atoms with E-state index in [1.807, 2.05) is 12.1 Å². The molecule has 0 aliphatic carbocycles. The third kappa shape index (κ3) is 3.77. The highest BCUT2D eigenvalue weighted by Crippen LogP contribution is 2.28. The Bertz CT molecular complexity index is 850. The highest BCUT2D eigenvalue weighted by Gasteiger charge is 2.23. The number of ether oxygens (including phenoxy) is 1. The summed E-state index contributed by atoms with van der Waals surface area (Å²) < 4.78 is 27.8. The largest absolute Gasteiger partial charge is 0.470 e. The maximum atomic E-state index is 13.3. The maximum absolute atomic E-state index is 13.3. The monoisotopic (exact) mass is 370 g/mol. The summed E-state index contributed by atoms with van der Waals surface area (Å²) in [6.07, 6.45) is 0. The molecule has 2 heterocycles. The molecule has 7 heteroatoms. The van der Waals surface area contributed by atoms with Crippen LogP contribution in [0.1, 0.15) is 5.56 Å². The molecule has 0 atom stereocenters. The Morgan fingerprint density at radius 2 is 1.69 bits per heavy atom. The van der Waals surface area contributed by atoms with Crippen molar-refractivity contribution in [3.05, 3.63) is 66.0 Å².